The molecule has 0 radical (unpaired) electrons. The Morgan fingerprint density at radius 3 is 2.46 bits per heavy atom. The number of aliphatic hydroxyl groups excluding tert-OH is 1. The first kappa shape index (κ1) is 26.1. The summed E-state index contributed by atoms with van der Waals surface area (Å²) in [5.41, 5.74) is 4.17. The maximum absolute atomic E-state index is 13.4. The van der Waals surface area contributed by atoms with Gasteiger partial charge in [-0.15, -0.1) is 6.58 Å². The van der Waals surface area contributed by atoms with Gasteiger partial charge in [0, 0.05) is 29.2 Å². The highest BCUT2D eigenvalue weighted by Gasteiger charge is 2.68. The van der Waals surface area contributed by atoms with Crippen LogP contribution in [0.5, 0.6) is 0 Å². The lowest BCUT2D eigenvalue weighted by molar-refractivity contribution is -0.191. The molecule has 0 aliphatic heterocycles. The maximum Gasteiger partial charge on any atom is 0.416 e. The minimum absolute atomic E-state index is 0.00275. The van der Waals surface area contributed by atoms with Gasteiger partial charge in [-0.25, -0.2) is 14.9 Å². The fourth-order valence-electron chi connectivity index (χ4n) is 8.00. The van der Waals surface area contributed by atoms with E-state index in [2.05, 4.69) is 32.7 Å². The number of hydrogen-bond donors (Lipinski definition) is 3. The number of carbonyl (C=O) groups excluding carboxylic acids is 3. The molecule has 0 heterocycles. The molecular formula is C27H42N2O6. The van der Waals surface area contributed by atoms with E-state index in [1.54, 1.807) is 6.08 Å². The van der Waals surface area contributed by atoms with E-state index in [1.165, 1.54) is 0 Å². The largest absolute Gasteiger partial charge is 0.446 e. The van der Waals surface area contributed by atoms with Gasteiger partial charge in [-0.3, -0.25) is 4.79 Å². The predicted octanol–water partition coefficient (Wildman–Crippen LogP) is 4.09. The lowest BCUT2D eigenvalue weighted by Gasteiger charge is -2.61. The Morgan fingerprint density at radius 2 is 1.83 bits per heavy atom. The van der Waals surface area contributed by atoms with E-state index in [0.717, 1.165) is 25.7 Å². The van der Waals surface area contributed by atoms with Gasteiger partial charge in [0.15, 0.2) is 0 Å². The summed E-state index contributed by atoms with van der Waals surface area (Å²) in [6.45, 7) is 12.2. The van der Waals surface area contributed by atoms with Gasteiger partial charge in [-0.05, 0) is 62.2 Å². The minimum Gasteiger partial charge on any atom is -0.446 e. The first-order valence-electron chi connectivity index (χ1n) is 13.2. The van der Waals surface area contributed by atoms with Gasteiger partial charge in [0.2, 0.25) is 0 Å². The van der Waals surface area contributed by atoms with Crippen molar-refractivity contribution in [2.75, 3.05) is 0 Å². The minimum atomic E-state index is -0.896. The first-order valence-corrected chi connectivity index (χ1v) is 13.2. The normalized spacial score (nSPS) is 47.3. The number of ether oxygens (including phenoxy) is 2. The van der Waals surface area contributed by atoms with Crippen LogP contribution < -0.4 is 11.1 Å². The Balaban J connectivity index is 1.62. The number of amides is 2. The molecule has 4 rings (SSSR count). The van der Waals surface area contributed by atoms with Crippen LogP contribution in [0, 0.1) is 34.0 Å². The van der Waals surface area contributed by atoms with Crippen molar-refractivity contribution < 1.29 is 29.0 Å². The second-order valence-corrected chi connectivity index (χ2v) is 12.2. The highest BCUT2D eigenvalue weighted by molar-refractivity contribution is 5.88. The highest BCUT2D eigenvalue weighted by atomic mass is 16.6. The molecule has 0 aromatic carbocycles. The summed E-state index contributed by atoms with van der Waals surface area (Å²) in [6.07, 6.45) is 3.53. The standard InChI is InChI=1S/C27H42N2O6/c1-6-25(4)14-20(35-24(33)29-23(32)34-18-8-7-17(28)13-18)26(5)15(2)9-11-27(16(3)22(25)31)12-10-19(30)21(26)27/h6,15-18,20-22,31H,1,7-14,28H2,2-5H3,(H,29,32,33)/t15-,16+,17+,18+,20-,21+,22+,25-,26+,27+/m1/s1. The van der Waals surface area contributed by atoms with Gasteiger partial charge in [0.05, 0.1) is 6.10 Å². The summed E-state index contributed by atoms with van der Waals surface area (Å²) < 4.78 is 11.3. The lowest BCUT2D eigenvalue weighted by Crippen LogP contribution is -2.63. The van der Waals surface area contributed by atoms with Gasteiger partial charge in [-0.2, -0.15) is 0 Å². The Hall–Kier alpha value is -1.93. The number of imide groups is 1. The number of ketones is 1. The summed E-state index contributed by atoms with van der Waals surface area (Å²) in [5, 5.41) is 13.8. The van der Waals surface area contributed by atoms with E-state index in [9.17, 15) is 19.5 Å². The van der Waals surface area contributed by atoms with Gasteiger partial charge >= 0.3 is 12.2 Å². The average molecular weight is 491 g/mol. The molecule has 2 bridgehead atoms. The van der Waals surface area contributed by atoms with Crippen LogP contribution in [0.3, 0.4) is 0 Å². The van der Waals surface area contributed by atoms with Crippen molar-refractivity contribution in [2.24, 2.45) is 39.7 Å². The average Bonchev–Trinajstić information content (AvgIpc) is 3.37. The second-order valence-electron chi connectivity index (χ2n) is 12.2. The maximum atomic E-state index is 13.4. The fraction of sp³-hybridized carbons (Fsp3) is 0.815. The van der Waals surface area contributed by atoms with Crippen LogP contribution in [-0.2, 0) is 14.3 Å². The van der Waals surface area contributed by atoms with Crippen molar-refractivity contribution >= 4 is 18.0 Å². The summed E-state index contributed by atoms with van der Waals surface area (Å²) in [5.74, 6) is -0.117. The van der Waals surface area contributed by atoms with Gasteiger partial charge in [0.1, 0.15) is 18.0 Å². The van der Waals surface area contributed by atoms with Crippen LogP contribution in [0.1, 0.15) is 79.1 Å². The molecule has 196 valence electrons. The molecule has 35 heavy (non-hydrogen) atoms. The second kappa shape index (κ2) is 9.18. The third kappa shape index (κ3) is 4.20. The first-order chi connectivity index (χ1) is 16.4. The van der Waals surface area contributed by atoms with Crippen LogP contribution in [0.4, 0.5) is 9.59 Å². The summed E-state index contributed by atoms with van der Waals surface area (Å²) in [7, 11) is 0. The number of alkyl carbamates (subject to hydrolysis) is 2. The molecule has 4 N–H and O–H groups in total. The number of rotatable bonds is 3. The molecule has 0 unspecified atom stereocenters. The topological polar surface area (TPSA) is 128 Å². The molecule has 8 heteroatoms. The molecule has 0 saturated heterocycles. The molecule has 10 atom stereocenters. The van der Waals surface area contributed by atoms with Gasteiger partial charge in [-0.1, -0.05) is 33.8 Å². The van der Waals surface area contributed by atoms with E-state index >= 15 is 0 Å². The molecule has 4 saturated carbocycles. The Kier molecular flexibility index (Phi) is 6.86. The number of hydrogen-bond acceptors (Lipinski definition) is 7. The van der Waals surface area contributed by atoms with Crippen molar-refractivity contribution in [3.8, 4) is 0 Å². The van der Waals surface area contributed by atoms with Crippen LogP contribution in [0.25, 0.3) is 0 Å². The molecular weight excluding hydrogens is 448 g/mol. The molecule has 8 nitrogen and oxygen atoms in total. The predicted molar refractivity (Wildman–Crippen MR) is 130 cm³/mol. The van der Waals surface area contributed by atoms with Crippen LogP contribution in [-0.4, -0.2) is 47.4 Å². The van der Waals surface area contributed by atoms with Crippen molar-refractivity contribution in [1.82, 2.24) is 5.32 Å². The molecule has 0 aromatic heterocycles. The number of Topliss-reactive ketones (excluding diaryl/α,β-unsaturated/α-hetero) is 1. The smallest absolute Gasteiger partial charge is 0.416 e. The zero-order valence-corrected chi connectivity index (χ0v) is 21.5. The van der Waals surface area contributed by atoms with E-state index in [4.69, 9.17) is 15.2 Å². The van der Waals surface area contributed by atoms with Gasteiger partial charge in [0.25, 0.3) is 0 Å². The monoisotopic (exact) mass is 490 g/mol. The lowest BCUT2D eigenvalue weighted by atomic mass is 9.44. The van der Waals surface area contributed by atoms with Crippen molar-refractivity contribution in [3.63, 3.8) is 0 Å². The van der Waals surface area contributed by atoms with Crippen molar-refractivity contribution in [1.29, 1.82) is 0 Å². The third-order valence-corrected chi connectivity index (χ3v) is 10.5. The molecule has 0 aromatic rings. The molecule has 4 aliphatic carbocycles. The zero-order chi connectivity index (χ0) is 25.8. The Labute approximate surface area is 208 Å². The van der Waals surface area contributed by atoms with Crippen LogP contribution in [0.2, 0.25) is 0 Å². The van der Waals surface area contributed by atoms with Crippen molar-refractivity contribution in [3.05, 3.63) is 12.7 Å². The van der Waals surface area contributed by atoms with E-state index in [-0.39, 0.29) is 41.1 Å². The van der Waals surface area contributed by atoms with Crippen LogP contribution >= 0.6 is 0 Å². The van der Waals surface area contributed by atoms with Crippen LogP contribution in [0.15, 0.2) is 12.7 Å². The van der Waals surface area contributed by atoms with E-state index in [1.807, 2.05) is 6.92 Å². The van der Waals surface area contributed by atoms with E-state index < -0.39 is 35.2 Å². The van der Waals surface area contributed by atoms with Gasteiger partial charge < -0.3 is 20.3 Å². The Morgan fingerprint density at radius 1 is 1.14 bits per heavy atom. The summed E-state index contributed by atoms with van der Waals surface area (Å²) in [4.78, 5) is 38.7. The molecule has 0 spiro atoms. The zero-order valence-electron chi connectivity index (χ0n) is 21.5. The highest BCUT2D eigenvalue weighted by Crippen LogP contribution is 2.67. The molecule has 4 aliphatic rings. The quantitative estimate of drug-likeness (QED) is 0.508. The number of nitrogens with one attached hydrogen (secondary N) is 1. The SMILES string of the molecule is C=C[C@]1(C)C[C@@H](OC(=O)NC(=O)O[C@H]2CC[C@H](N)C2)[C@]2(C)[C@H](C)CC[C@]3(CCC(=O)[C@H]32)[C@@H](C)[C@@H]1O. The third-order valence-electron chi connectivity index (χ3n) is 10.5. The van der Waals surface area contributed by atoms with E-state index in [0.29, 0.717) is 25.7 Å². The molecule has 2 amide bonds. The number of carbonyl (C=O) groups is 3. The molecule has 4 fully saturated rings. The Bertz CT molecular complexity index is 893. The number of aliphatic hydroxyl groups is 1. The summed E-state index contributed by atoms with van der Waals surface area (Å²) >= 11 is 0. The fourth-order valence-corrected chi connectivity index (χ4v) is 8.00. The van der Waals surface area contributed by atoms with Crippen molar-refractivity contribution in [2.45, 2.75) is 103 Å². The summed E-state index contributed by atoms with van der Waals surface area (Å²) in [6, 6.07) is -0.00275. The number of nitrogens with two attached hydrogens (primary N) is 1.